The van der Waals surface area contributed by atoms with Crippen LogP contribution in [0.25, 0.3) is 0 Å². The van der Waals surface area contributed by atoms with Crippen LogP contribution >= 0.6 is 15.6 Å². The van der Waals surface area contributed by atoms with E-state index in [-0.39, 0.29) is 25.7 Å². The predicted molar refractivity (Wildman–Crippen MR) is 414 cm³/mol. The van der Waals surface area contributed by atoms with Crippen LogP contribution < -0.4 is 0 Å². The lowest BCUT2D eigenvalue weighted by Crippen LogP contribution is -2.30. The summed E-state index contributed by atoms with van der Waals surface area (Å²) >= 11 is 0. The minimum Gasteiger partial charge on any atom is -0.462 e. The standard InChI is InChI=1S/C82H160O17P2/c1-7-10-12-14-16-18-19-20-21-22-23-24-28-31-34-41-47-53-59-65-80(85)93-71-78(98-81(86)66-60-54-48-42-35-32-29-26-25-27-30-33-39-44-50-56-62-74(4)5)73-97-101(90,91)95-69-76(83)68-94-100(88,89)96-72-77(70-92-79(84)64-58-52-46-38-17-15-13-11-8-2)99-82(87)67-61-55-49-43-37-36-40-45-51-57-63-75(6)9-3/h74-78,83H,7-73H2,1-6H3,(H,88,89)(H,90,91)/t75?,76-,77+,78+/m0/s1. The monoisotopic (exact) mass is 1480 g/mol. The van der Waals surface area contributed by atoms with E-state index < -0.39 is 97.5 Å². The number of esters is 4. The number of rotatable bonds is 81. The molecule has 0 amide bonds. The van der Waals surface area contributed by atoms with Crippen molar-refractivity contribution in [2.24, 2.45) is 11.8 Å². The molecule has 600 valence electrons. The van der Waals surface area contributed by atoms with Crippen LogP contribution in [-0.2, 0) is 65.4 Å². The van der Waals surface area contributed by atoms with Crippen molar-refractivity contribution in [3.8, 4) is 0 Å². The first-order chi connectivity index (χ1) is 48.9. The summed E-state index contributed by atoms with van der Waals surface area (Å²) in [6.07, 6.45) is 63.8. The van der Waals surface area contributed by atoms with Gasteiger partial charge in [0.15, 0.2) is 12.2 Å². The van der Waals surface area contributed by atoms with Gasteiger partial charge in [-0.25, -0.2) is 9.13 Å². The van der Waals surface area contributed by atoms with E-state index in [4.69, 9.17) is 37.0 Å². The Bertz CT molecular complexity index is 1940. The van der Waals surface area contributed by atoms with Crippen LogP contribution in [0.5, 0.6) is 0 Å². The maximum atomic E-state index is 13.1. The smallest absolute Gasteiger partial charge is 0.462 e. The Morgan fingerprint density at radius 2 is 0.505 bits per heavy atom. The van der Waals surface area contributed by atoms with Gasteiger partial charge in [0, 0.05) is 25.7 Å². The summed E-state index contributed by atoms with van der Waals surface area (Å²) < 4.78 is 68.7. The number of ether oxygens (including phenoxy) is 4. The predicted octanol–water partition coefficient (Wildman–Crippen LogP) is 24.7. The van der Waals surface area contributed by atoms with Gasteiger partial charge in [0.25, 0.3) is 0 Å². The molecule has 6 atom stereocenters. The maximum absolute atomic E-state index is 13.1. The number of aliphatic hydroxyl groups is 1. The quantitative estimate of drug-likeness (QED) is 0.0222. The van der Waals surface area contributed by atoms with Gasteiger partial charge in [-0.2, -0.15) is 0 Å². The molecule has 0 radical (unpaired) electrons. The van der Waals surface area contributed by atoms with Gasteiger partial charge in [-0.1, -0.05) is 382 Å². The van der Waals surface area contributed by atoms with Crippen LogP contribution in [0.2, 0.25) is 0 Å². The molecule has 0 heterocycles. The van der Waals surface area contributed by atoms with E-state index in [0.29, 0.717) is 25.7 Å². The highest BCUT2D eigenvalue weighted by molar-refractivity contribution is 7.47. The zero-order chi connectivity index (χ0) is 74.2. The molecule has 0 aromatic rings. The highest BCUT2D eigenvalue weighted by Crippen LogP contribution is 2.45. The number of aliphatic hydroxyl groups excluding tert-OH is 1. The molecule has 0 aliphatic carbocycles. The van der Waals surface area contributed by atoms with Gasteiger partial charge in [0.1, 0.15) is 19.3 Å². The fraction of sp³-hybridized carbons (Fsp3) is 0.951. The average Bonchev–Trinajstić information content (AvgIpc) is 0.967. The Morgan fingerprint density at radius 1 is 0.287 bits per heavy atom. The normalized spacial score (nSPS) is 14.2. The van der Waals surface area contributed by atoms with E-state index >= 15 is 0 Å². The molecule has 0 saturated carbocycles. The van der Waals surface area contributed by atoms with Gasteiger partial charge in [0.05, 0.1) is 26.4 Å². The van der Waals surface area contributed by atoms with Crippen molar-refractivity contribution in [1.29, 1.82) is 0 Å². The van der Waals surface area contributed by atoms with Gasteiger partial charge in [-0.3, -0.25) is 37.3 Å². The number of hydrogen-bond acceptors (Lipinski definition) is 15. The average molecular weight is 1480 g/mol. The van der Waals surface area contributed by atoms with Gasteiger partial charge < -0.3 is 33.8 Å². The molecule has 0 fully saturated rings. The van der Waals surface area contributed by atoms with E-state index in [9.17, 15) is 43.2 Å². The van der Waals surface area contributed by atoms with Gasteiger partial charge in [-0.15, -0.1) is 0 Å². The van der Waals surface area contributed by atoms with Crippen LogP contribution in [-0.4, -0.2) is 96.7 Å². The Balaban J connectivity index is 5.22. The van der Waals surface area contributed by atoms with Gasteiger partial charge >= 0.3 is 39.5 Å². The molecule has 3 unspecified atom stereocenters. The Hall–Kier alpha value is -1.94. The highest BCUT2D eigenvalue weighted by Gasteiger charge is 2.30. The molecule has 0 bridgehead atoms. The zero-order valence-electron chi connectivity index (χ0n) is 66.2. The second-order valence-corrected chi connectivity index (χ2v) is 33.1. The lowest BCUT2D eigenvalue weighted by molar-refractivity contribution is -0.161. The fourth-order valence-electron chi connectivity index (χ4n) is 12.7. The second kappa shape index (κ2) is 73.6. The molecular weight excluding hydrogens is 1320 g/mol. The molecule has 0 rings (SSSR count). The van der Waals surface area contributed by atoms with E-state index in [1.165, 1.54) is 250 Å². The van der Waals surface area contributed by atoms with E-state index in [1.807, 2.05) is 0 Å². The molecule has 0 spiro atoms. The third-order valence-electron chi connectivity index (χ3n) is 19.6. The Kier molecular flexibility index (Phi) is 72.2. The van der Waals surface area contributed by atoms with Crippen molar-refractivity contribution in [1.82, 2.24) is 0 Å². The molecule has 0 aliphatic heterocycles. The van der Waals surface area contributed by atoms with Crippen molar-refractivity contribution in [2.45, 2.75) is 452 Å². The lowest BCUT2D eigenvalue weighted by atomic mass is 9.99. The Morgan fingerprint density at radius 3 is 0.752 bits per heavy atom. The van der Waals surface area contributed by atoms with Crippen LogP contribution in [0.3, 0.4) is 0 Å². The van der Waals surface area contributed by atoms with E-state index in [1.54, 1.807) is 0 Å². The van der Waals surface area contributed by atoms with Crippen LogP contribution in [0.1, 0.15) is 433 Å². The number of carbonyl (C=O) groups excluding carboxylic acids is 4. The van der Waals surface area contributed by atoms with Crippen LogP contribution in [0.4, 0.5) is 0 Å². The number of carbonyl (C=O) groups is 4. The van der Waals surface area contributed by atoms with Crippen molar-refractivity contribution in [3.05, 3.63) is 0 Å². The topological polar surface area (TPSA) is 237 Å². The summed E-state index contributed by atoms with van der Waals surface area (Å²) in [6.45, 7) is 9.68. The van der Waals surface area contributed by atoms with Crippen molar-refractivity contribution >= 4 is 39.5 Å². The summed E-state index contributed by atoms with van der Waals surface area (Å²) in [5, 5.41) is 10.6. The first-order valence-electron chi connectivity index (χ1n) is 42.5. The molecule has 101 heavy (non-hydrogen) atoms. The fourth-order valence-corrected chi connectivity index (χ4v) is 14.3. The van der Waals surface area contributed by atoms with Crippen LogP contribution in [0, 0.1) is 11.8 Å². The number of unbranched alkanes of at least 4 members (excludes halogenated alkanes) is 50. The molecular formula is C82H160O17P2. The lowest BCUT2D eigenvalue weighted by Gasteiger charge is -2.21. The molecule has 17 nitrogen and oxygen atoms in total. The second-order valence-electron chi connectivity index (χ2n) is 30.2. The largest absolute Gasteiger partial charge is 0.472 e. The van der Waals surface area contributed by atoms with E-state index in [2.05, 4.69) is 41.5 Å². The first-order valence-corrected chi connectivity index (χ1v) is 45.5. The zero-order valence-corrected chi connectivity index (χ0v) is 68.0. The SMILES string of the molecule is CCCCCCCCCCCCCCCCCCCCCC(=O)OC[C@H](COP(=O)(O)OC[C@@H](O)COP(=O)(O)OC[C@@H](COC(=O)CCCCCCCCCCC)OC(=O)CCCCCCCCCCCCC(C)CC)OC(=O)CCCCCCCCCCCCCCCCCCC(C)C. The number of hydrogen-bond donors (Lipinski definition) is 3. The van der Waals surface area contributed by atoms with Crippen molar-refractivity contribution in [2.75, 3.05) is 39.6 Å². The third-order valence-corrected chi connectivity index (χ3v) is 21.5. The summed E-state index contributed by atoms with van der Waals surface area (Å²) in [4.78, 5) is 73.0. The third kappa shape index (κ3) is 74.7. The molecule has 0 aliphatic rings. The summed E-state index contributed by atoms with van der Waals surface area (Å²) in [7, 11) is -9.92. The first kappa shape index (κ1) is 99.1. The maximum Gasteiger partial charge on any atom is 0.472 e. The van der Waals surface area contributed by atoms with Crippen molar-refractivity contribution in [3.63, 3.8) is 0 Å². The molecule has 0 aromatic carbocycles. The minimum atomic E-state index is -4.96. The number of phosphoric acid groups is 2. The van der Waals surface area contributed by atoms with E-state index in [0.717, 1.165) is 102 Å². The highest BCUT2D eigenvalue weighted by atomic mass is 31.2. The van der Waals surface area contributed by atoms with Gasteiger partial charge in [-0.05, 0) is 37.5 Å². The summed E-state index contributed by atoms with van der Waals surface area (Å²) in [5.41, 5.74) is 0. The summed E-state index contributed by atoms with van der Waals surface area (Å²) in [5.74, 6) is -0.496. The number of phosphoric ester groups is 2. The molecule has 0 aromatic heterocycles. The summed E-state index contributed by atoms with van der Waals surface area (Å²) in [6, 6.07) is 0. The molecule has 0 saturated heterocycles. The van der Waals surface area contributed by atoms with Crippen molar-refractivity contribution < 1.29 is 80.2 Å². The molecule has 3 N–H and O–H groups in total. The van der Waals surface area contributed by atoms with Crippen LogP contribution in [0.15, 0.2) is 0 Å². The van der Waals surface area contributed by atoms with Gasteiger partial charge in [0.2, 0.25) is 0 Å². The molecule has 19 heteroatoms. The Labute approximate surface area is 619 Å². The minimum absolute atomic E-state index is 0.106.